The lowest BCUT2D eigenvalue weighted by atomic mass is 10.2. The Hall–Kier alpha value is -0.570. The number of nitrogens with one attached hydrogen (secondary N) is 1. The normalized spacial score (nSPS) is 12.5. The molecule has 0 spiro atoms. The van der Waals surface area contributed by atoms with E-state index in [1.165, 1.54) is 19.3 Å². The van der Waals surface area contributed by atoms with Gasteiger partial charge in [0.1, 0.15) is 0 Å². The van der Waals surface area contributed by atoms with E-state index in [0.29, 0.717) is 12.5 Å². The van der Waals surface area contributed by atoms with Crippen LogP contribution >= 0.6 is 0 Å². The fourth-order valence-corrected chi connectivity index (χ4v) is 1.76. The molecule has 1 amide bonds. The number of carbonyl (C=O) groups is 1. The van der Waals surface area contributed by atoms with Crippen LogP contribution in [0.2, 0.25) is 0 Å². The summed E-state index contributed by atoms with van der Waals surface area (Å²) < 4.78 is 0. The van der Waals surface area contributed by atoms with Gasteiger partial charge in [0, 0.05) is 25.6 Å². The predicted molar refractivity (Wildman–Crippen MR) is 69.5 cm³/mol. The molecule has 1 atom stereocenters. The number of hydrogen-bond donors (Lipinski definition) is 1. The van der Waals surface area contributed by atoms with Crippen LogP contribution in [0.3, 0.4) is 0 Å². The molecule has 3 nitrogen and oxygen atoms in total. The third-order valence-corrected chi connectivity index (χ3v) is 2.87. The highest BCUT2D eigenvalue weighted by atomic mass is 16.2. The highest BCUT2D eigenvalue weighted by molar-refractivity contribution is 5.76. The van der Waals surface area contributed by atoms with Gasteiger partial charge in [-0.3, -0.25) is 4.79 Å². The zero-order valence-corrected chi connectivity index (χ0v) is 11.4. The van der Waals surface area contributed by atoms with E-state index in [0.717, 1.165) is 19.6 Å². The molecule has 96 valence electrons. The van der Waals surface area contributed by atoms with Crippen molar-refractivity contribution in [3.63, 3.8) is 0 Å². The Morgan fingerprint density at radius 3 is 2.31 bits per heavy atom. The topological polar surface area (TPSA) is 32.3 Å². The molecule has 0 aromatic heterocycles. The fourth-order valence-electron chi connectivity index (χ4n) is 1.76. The van der Waals surface area contributed by atoms with E-state index in [9.17, 15) is 4.79 Å². The minimum Gasteiger partial charge on any atom is -0.343 e. The lowest BCUT2D eigenvalue weighted by Gasteiger charge is -2.21. The zero-order chi connectivity index (χ0) is 12.4. The molecule has 16 heavy (non-hydrogen) atoms. The van der Waals surface area contributed by atoms with Crippen LogP contribution in [0, 0.1) is 0 Å². The molecular weight excluding hydrogens is 200 g/mol. The summed E-state index contributed by atoms with van der Waals surface area (Å²) in [4.78, 5) is 13.7. The number of unbranched alkanes of at least 4 members (excludes halogenated alkanes) is 2. The molecule has 1 unspecified atom stereocenters. The van der Waals surface area contributed by atoms with Crippen LogP contribution in [0.25, 0.3) is 0 Å². The van der Waals surface area contributed by atoms with Gasteiger partial charge in [0.2, 0.25) is 5.91 Å². The molecule has 0 aromatic rings. The van der Waals surface area contributed by atoms with Crippen molar-refractivity contribution in [1.29, 1.82) is 0 Å². The van der Waals surface area contributed by atoms with Crippen LogP contribution in [0.5, 0.6) is 0 Å². The van der Waals surface area contributed by atoms with Gasteiger partial charge in [0.05, 0.1) is 0 Å². The highest BCUT2D eigenvalue weighted by Crippen LogP contribution is 1.99. The van der Waals surface area contributed by atoms with E-state index in [4.69, 9.17) is 0 Å². The molecule has 0 aliphatic carbocycles. The molecule has 0 radical (unpaired) electrons. The van der Waals surface area contributed by atoms with Gasteiger partial charge in [-0.1, -0.05) is 19.8 Å². The average Bonchev–Trinajstić information content (AvgIpc) is 2.26. The minimum absolute atomic E-state index is 0.264. The second-order valence-electron chi connectivity index (χ2n) is 4.33. The Morgan fingerprint density at radius 1 is 1.19 bits per heavy atom. The highest BCUT2D eigenvalue weighted by Gasteiger charge is 2.12. The fraction of sp³-hybridized carbons (Fsp3) is 0.923. The molecule has 0 bridgehead atoms. The Kier molecular flexibility index (Phi) is 9.30. The summed E-state index contributed by atoms with van der Waals surface area (Å²) in [5.41, 5.74) is 0. The summed E-state index contributed by atoms with van der Waals surface area (Å²) in [6.45, 7) is 11.0. The summed E-state index contributed by atoms with van der Waals surface area (Å²) in [7, 11) is 0. The Balaban J connectivity index is 3.68. The van der Waals surface area contributed by atoms with Gasteiger partial charge in [-0.15, -0.1) is 0 Å². The van der Waals surface area contributed by atoms with Gasteiger partial charge in [-0.25, -0.2) is 0 Å². The standard InChI is InChI=1S/C13H28N2O/c1-5-8-9-10-14-12(4)11-13(16)15(6-2)7-3/h12,14H,5-11H2,1-4H3. The molecule has 3 heteroatoms. The molecular formula is C13H28N2O. The molecule has 0 rings (SSSR count). The molecule has 1 N–H and O–H groups in total. The first kappa shape index (κ1) is 15.4. The first-order valence-electron chi connectivity index (χ1n) is 6.66. The SMILES string of the molecule is CCCCCNC(C)CC(=O)N(CC)CC. The van der Waals surface area contributed by atoms with Crippen molar-refractivity contribution >= 4 is 5.91 Å². The van der Waals surface area contributed by atoms with Crippen molar-refractivity contribution in [3.8, 4) is 0 Å². The second-order valence-corrected chi connectivity index (χ2v) is 4.33. The van der Waals surface area contributed by atoms with Crippen molar-refractivity contribution in [2.24, 2.45) is 0 Å². The molecule has 0 aliphatic rings. The summed E-state index contributed by atoms with van der Waals surface area (Å²) in [5, 5.41) is 3.40. The predicted octanol–water partition coefficient (Wildman–Crippen LogP) is 2.41. The van der Waals surface area contributed by atoms with Crippen molar-refractivity contribution in [3.05, 3.63) is 0 Å². The number of nitrogens with zero attached hydrogens (tertiary/aromatic N) is 1. The molecule has 0 saturated heterocycles. The van der Waals surface area contributed by atoms with Gasteiger partial charge >= 0.3 is 0 Å². The maximum absolute atomic E-state index is 11.8. The minimum atomic E-state index is 0.264. The largest absolute Gasteiger partial charge is 0.343 e. The number of hydrogen-bond acceptors (Lipinski definition) is 2. The Labute approximate surface area is 101 Å². The Morgan fingerprint density at radius 2 is 1.81 bits per heavy atom. The quantitative estimate of drug-likeness (QED) is 0.615. The molecule has 0 aliphatic heterocycles. The van der Waals surface area contributed by atoms with Crippen molar-refractivity contribution < 1.29 is 4.79 Å². The average molecular weight is 228 g/mol. The number of rotatable bonds is 9. The third-order valence-electron chi connectivity index (χ3n) is 2.87. The van der Waals surface area contributed by atoms with Gasteiger partial charge in [-0.2, -0.15) is 0 Å². The smallest absolute Gasteiger partial charge is 0.224 e. The summed E-state index contributed by atoms with van der Waals surface area (Å²) in [5.74, 6) is 0.264. The number of amides is 1. The van der Waals surface area contributed by atoms with Gasteiger partial charge in [0.15, 0.2) is 0 Å². The number of carbonyl (C=O) groups excluding carboxylic acids is 1. The van der Waals surface area contributed by atoms with Gasteiger partial charge < -0.3 is 10.2 Å². The first-order valence-corrected chi connectivity index (χ1v) is 6.66. The van der Waals surface area contributed by atoms with Crippen LogP contribution in [0.15, 0.2) is 0 Å². The van der Waals surface area contributed by atoms with Crippen LogP contribution in [-0.2, 0) is 4.79 Å². The van der Waals surface area contributed by atoms with E-state index in [-0.39, 0.29) is 5.91 Å². The van der Waals surface area contributed by atoms with Crippen LogP contribution in [0.1, 0.15) is 53.4 Å². The summed E-state index contributed by atoms with van der Waals surface area (Å²) in [6, 6.07) is 0.296. The lowest BCUT2D eigenvalue weighted by Crippen LogP contribution is -2.37. The maximum atomic E-state index is 11.8. The van der Waals surface area contributed by atoms with Crippen molar-refractivity contribution in [2.75, 3.05) is 19.6 Å². The summed E-state index contributed by atoms with van der Waals surface area (Å²) in [6.07, 6.45) is 4.34. The van der Waals surface area contributed by atoms with E-state index in [1.807, 2.05) is 18.7 Å². The van der Waals surface area contributed by atoms with E-state index in [1.54, 1.807) is 0 Å². The van der Waals surface area contributed by atoms with Crippen molar-refractivity contribution in [1.82, 2.24) is 10.2 Å². The lowest BCUT2D eigenvalue weighted by molar-refractivity contribution is -0.131. The van der Waals surface area contributed by atoms with Crippen LogP contribution < -0.4 is 5.32 Å². The Bertz CT molecular complexity index is 179. The molecule has 0 fully saturated rings. The molecule has 0 aromatic carbocycles. The van der Waals surface area contributed by atoms with Crippen molar-refractivity contribution in [2.45, 2.75) is 59.4 Å². The zero-order valence-electron chi connectivity index (χ0n) is 11.4. The van der Waals surface area contributed by atoms with E-state index >= 15 is 0 Å². The first-order chi connectivity index (χ1) is 7.65. The summed E-state index contributed by atoms with van der Waals surface area (Å²) >= 11 is 0. The second kappa shape index (κ2) is 9.64. The molecule has 0 saturated carbocycles. The maximum Gasteiger partial charge on any atom is 0.224 e. The van der Waals surface area contributed by atoms with Crippen LogP contribution in [-0.4, -0.2) is 36.5 Å². The van der Waals surface area contributed by atoms with Gasteiger partial charge in [0.25, 0.3) is 0 Å². The van der Waals surface area contributed by atoms with E-state index in [2.05, 4.69) is 19.2 Å². The monoisotopic (exact) mass is 228 g/mol. The van der Waals surface area contributed by atoms with E-state index < -0.39 is 0 Å². The van der Waals surface area contributed by atoms with Crippen LogP contribution in [0.4, 0.5) is 0 Å². The van der Waals surface area contributed by atoms with Gasteiger partial charge in [-0.05, 0) is 33.7 Å². The molecule has 0 heterocycles. The third kappa shape index (κ3) is 6.83.